The number of ether oxygens (including phenoxy) is 1. The predicted octanol–water partition coefficient (Wildman–Crippen LogP) is 4.75. The smallest absolute Gasteiger partial charge is 0.122 e. The molecule has 1 N–H and O–H groups in total. The van der Waals surface area contributed by atoms with Gasteiger partial charge in [0.15, 0.2) is 0 Å². The number of hydrogen-bond donors (Lipinski definition) is 1. The van der Waals surface area contributed by atoms with Crippen molar-refractivity contribution < 1.29 is 4.74 Å². The monoisotopic (exact) mass is 303 g/mol. The van der Waals surface area contributed by atoms with Crippen LogP contribution in [-0.2, 0) is 13.2 Å². The number of nitrogens with one attached hydrogen (secondary N) is 1. The van der Waals surface area contributed by atoms with Crippen LogP contribution in [0.2, 0.25) is 0 Å². The van der Waals surface area contributed by atoms with Gasteiger partial charge in [-0.25, -0.2) is 0 Å². The topological polar surface area (TPSA) is 21.3 Å². The van der Waals surface area contributed by atoms with Gasteiger partial charge in [-0.1, -0.05) is 26.0 Å². The second kappa shape index (κ2) is 7.10. The molecule has 2 rings (SSSR count). The maximum atomic E-state index is 6.01. The fourth-order valence-electron chi connectivity index (χ4n) is 2.16. The van der Waals surface area contributed by atoms with Crippen molar-refractivity contribution in [3.8, 4) is 5.75 Å². The Morgan fingerprint density at radius 3 is 2.67 bits per heavy atom. The Morgan fingerprint density at radius 2 is 1.95 bits per heavy atom. The summed E-state index contributed by atoms with van der Waals surface area (Å²) >= 11 is 1.86. The fourth-order valence-corrected chi connectivity index (χ4v) is 3.16. The van der Waals surface area contributed by atoms with Crippen molar-refractivity contribution in [1.29, 1.82) is 0 Å². The van der Waals surface area contributed by atoms with Gasteiger partial charge in [-0.05, 0) is 44.0 Å². The third-order valence-corrected chi connectivity index (χ3v) is 4.79. The lowest BCUT2D eigenvalue weighted by atomic mass is 10.1. The van der Waals surface area contributed by atoms with Gasteiger partial charge in [-0.2, -0.15) is 0 Å². The lowest BCUT2D eigenvalue weighted by Gasteiger charge is -2.10. The van der Waals surface area contributed by atoms with Gasteiger partial charge in [0.1, 0.15) is 12.4 Å². The zero-order valence-corrected chi connectivity index (χ0v) is 14.4. The average molecular weight is 303 g/mol. The summed E-state index contributed by atoms with van der Waals surface area (Å²) in [6.07, 6.45) is 0. The number of benzene rings is 1. The first-order valence-electron chi connectivity index (χ1n) is 7.48. The minimum atomic E-state index is 0.516. The molecule has 0 saturated heterocycles. The Balaban J connectivity index is 2.01. The van der Waals surface area contributed by atoms with E-state index in [1.54, 1.807) is 0 Å². The number of hydrogen-bond acceptors (Lipinski definition) is 3. The molecule has 0 aliphatic rings. The van der Waals surface area contributed by atoms with Crippen LogP contribution in [0.5, 0.6) is 5.75 Å². The van der Waals surface area contributed by atoms with Crippen molar-refractivity contribution in [2.45, 2.75) is 53.8 Å². The van der Waals surface area contributed by atoms with Gasteiger partial charge in [-0.3, -0.25) is 0 Å². The highest BCUT2D eigenvalue weighted by Gasteiger charge is 2.08. The molecule has 0 unspecified atom stereocenters. The van der Waals surface area contributed by atoms with Crippen LogP contribution in [0.4, 0.5) is 0 Å². The molecule has 0 bridgehead atoms. The third kappa shape index (κ3) is 4.32. The van der Waals surface area contributed by atoms with Crippen molar-refractivity contribution in [2.75, 3.05) is 0 Å². The normalized spacial score (nSPS) is 11.1. The summed E-state index contributed by atoms with van der Waals surface area (Å²) in [6, 6.07) is 9.00. The van der Waals surface area contributed by atoms with E-state index in [1.165, 1.54) is 26.4 Å². The Labute approximate surface area is 132 Å². The molecule has 0 aliphatic heterocycles. The third-order valence-electron chi connectivity index (χ3n) is 3.69. The molecule has 0 atom stereocenters. The van der Waals surface area contributed by atoms with E-state index in [-0.39, 0.29) is 0 Å². The molecule has 1 heterocycles. The summed E-state index contributed by atoms with van der Waals surface area (Å²) in [5.74, 6) is 0.988. The minimum absolute atomic E-state index is 0.516. The molecular formula is C18H25NOS. The molecule has 0 amide bonds. The first-order chi connectivity index (χ1) is 9.97. The van der Waals surface area contributed by atoms with E-state index in [0.29, 0.717) is 12.6 Å². The molecule has 0 spiro atoms. The molecule has 0 aliphatic carbocycles. The molecule has 21 heavy (non-hydrogen) atoms. The van der Waals surface area contributed by atoms with E-state index in [4.69, 9.17) is 4.74 Å². The van der Waals surface area contributed by atoms with Crippen molar-refractivity contribution in [1.82, 2.24) is 5.32 Å². The lowest BCUT2D eigenvalue weighted by molar-refractivity contribution is 0.303. The Morgan fingerprint density at radius 1 is 1.19 bits per heavy atom. The zero-order chi connectivity index (χ0) is 15.4. The molecule has 1 aromatic carbocycles. The predicted molar refractivity (Wildman–Crippen MR) is 91.3 cm³/mol. The van der Waals surface area contributed by atoms with Gasteiger partial charge < -0.3 is 10.1 Å². The van der Waals surface area contributed by atoms with E-state index in [9.17, 15) is 0 Å². The Hall–Kier alpha value is -1.32. The Bertz CT molecular complexity index is 601. The quantitative estimate of drug-likeness (QED) is 0.831. The van der Waals surface area contributed by atoms with Gasteiger partial charge in [0, 0.05) is 27.9 Å². The highest BCUT2D eigenvalue weighted by molar-refractivity contribution is 7.12. The van der Waals surface area contributed by atoms with Crippen molar-refractivity contribution in [2.24, 2.45) is 0 Å². The summed E-state index contributed by atoms with van der Waals surface area (Å²) in [5.41, 5.74) is 3.80. The number of aryl methyl sites for hydroxylation is 2. The second-order valence-electron chi connectivity index (χ2n) is 5.82. The van der Waals surface area contributed by atoms with E-state index in [0.717, 1.165) is 12.3 Å². The number of rotatable bonds is 6. The minimum Gasteiger partial charge on any atom is -0.489 e. The summed E-state index contributed by atoms with van der Waals surface area (Å²) in [6.45, 7) is 12.3. The standard InChI is InChI=1S/C18H25NOS/c1-12(2)19-10-17-9-16(15(5)21-17)11-20-18-8-6-7-13(3)14(18)4/h6-9,12,19H,10-11H2,1-5H3. The highest BCUT2D eigenvalue weighted by Crippen LogP contribution is 2.25. The fraction of sp³-hybridized carbons (Fsp3) is 0.444. The average Bonchev–Trinajstić information content (AvgIpc) is 2.79. The Kier molecular flexibility index (Phi) is 5.43. The first-order valence-corrected chi connectivity index (χ1v) is 8.29. The van der Waals surface area contributed by atoms with E-state index in [2.05, 4.69) is 58.1 Å². The lowest BCUT2D eigenvalue weighted by Crippen LogP contribution is -2.21. The summed E-state index contributed by atoms with van der Waals surface area (Å²) in [5, 5.41) is 3.46. The zero-order valence-electron chi connectivity index (χ0n) is 13.6. The highest BCUT2D eigenvalue weighted by atomic mass is 32.1. The SMILES string of the molecule is Cc1cccc(OCc2cc(CNC(C)C)sc2C)c1C. The molecule has 2 nitrogen and oxygen atoms in total. The molecule has 0 fully saturated rings. The van der Waals surface area contributed by atoms with Crippen LogP contribution < -0.4 is 10.1 Å². The maximum Gasteiger partial charge on any atom is 0.122 e. The van der Waals surface area contributed by atoms with Crippen LogP contribution >= 0.6 is 11.3 Å². The summed E-state index contributed by atoms with van der Waals surface area (Å²) in [7, 11) is 0. The van der Waals surface area contributed by atoms with E-state index >= 15 is 0 Å². The second-order valence-corrected chi connectivity index (χ2v) is 7.16. The first kappa shape index (κ1) is 16.1. The molecule has 0 saturated carbocycles. The van der Waals surface area contributed by atoms with Crippen molar-refractivity contribution >= 4 is 11.3 Å². The summed E-state index contributed by atoms with van der Waals surface area (Å²) in [4.78, 5) is 2.72. The molecule has 1 aromatic heterocycles. The van der Waals surface area contributed by atoms with Gasteiger partial charge >= 0.3 is 0 Å². The molecule has 2 aromatic rings. The van der Waals surface area contributed by atoms with Crippen molar-refractivity contribution in [3.05, 3.63) is 50.7 Å². The molecule has 3 heteroatoms. The van der Waals surface area contributed by atoms with Crippen molar-refractivity contribution in [3.63, 3.8) is 0 Å². The van der Waals surface area contributed by atoms with Crippen LogP contribution in [0.25, 0.3) is 0 Å². The van der Waals surface area contributed by atoms with Crippen LogP contribution in [0.3, 0.4) is 0 Å². The van der Waals surface area contributed by atoms with Gasteiger partial charge in [-0.15, -0.1) is 11.3 Å². The van der Waals surface area contributed by atoms with Gasteiger partial charge in [0.2, 0.25) is 0 Å². The van der Waals surface area contributed by atoms with Crippen LogP contribution in [0.1, 0.15) is 40.3 Å². The molecule has 114 valence electrons. The van der Waals surface area contributed by atoms with Gasteiger partial charge in [0.05, 0.1) is 0 Å². The maximum absolute atomic E-state index is 6.01. The summed E-state index contributed by atoms with van der Waals surface area (Å²) < 4.78 is 6.01. The van der Waals surface area contributed by atoms with E-state index < -0.39 is 0 Å². The van der Waals surface area contributed by atoms with Crippen LogP contribution in [0, 0.1) is 20.8 Å². The largest absolute Gasteiger partial charge is 0.489 e. The van der Waals surface area contributed by atoms with Crippen LogP contribution in [-0.4, -0.2) is 6.04 Å². The van der Waals surface area contributed by atoms with Gasteiger partial charge in [0.25, 0.3) is 0 Å². The van der Waals surface area contributed by atoms with E-state index in [1.807, 2.05) is 17.4 Å². The molecule has 0 radical (unpaired) electrons. The number of thiophene rings is 1. The molecular weight excluding hydrogens is 278 g/mol. The van der Waals surface area contributed by atoms with Crippen LogP contribution in [0.15, 0.2) is 24.3 Å².